The summed E-state index contributed by atoms with van der Waals surface area (Å²) in [6.45, 7) is 6.92. The first-order valence-electron chi connectivity index (χ1n) is 8.82. The fraction of sp³-hybridized carbons (Fsp3) is 0.700. The van der Waals surface area contributed by atoms with Gasteiger partial charge in [0, 0.05) is 5.41 Å². The smallest absolute Gasteiger partial charge is 0.0908 e. The highest BCUT2D eigenvalue weighted by Crippen LogP contribution is 2.64. The van der Waals surface area contributed by atoms with Crippen molar-refractivity contribution in [2.75, 3.05) is 0 Å². The molecule has 0 heterocycles. The van der Waals surface area contributed by atoms with Crippen molar-refractivity contribution in [3.05, 3.63) is 35.5 Å². The molecule has 4 aliphatic carbocycles. The van der Waals surface area contributed by atoms with E-state index in [1.807, 2.05) is 12.2 Å². The second kappa shape index (κ2) is 4.58. The van der Waals surface area contributed by atoms with E-state index in [2.05, 4.69) is 32.9 Å². The average Bonchev–Trinajstić information content (AvgIpc) is 2.77. The van der Waals surface area contributed by atoms with Crippen LogP contribution in [0.2, 0.25) is 0 Å². The molecule has 0 saturated heterocycles. The summed E-state index contributed by atoms with van der Waals surface area (Å²) in [6, 6.07) is 0. The Labute approximate surface area is 133 Å². The zero-order valence-electron chi connectivity index (χ0n) is 13.9. The molecule has 22 heavy (non-hydrogen) atoms. The molecule has 4 rings (SSSR count). The molecule has 4 aliphatic rings. The maximum Gasteiger partial charge on any atom is 0.0908 e. The van der Waals surface area contributed by atoms with Crippen LogP contribution in [0.15, 0.2) is 35.5 Å². The first-order chi connectivity index (χ1) is 10.4. The first-order valence-corrected chi connectivity index (χ1v) is 8.82. The Hall–Kier alpha value is -0.860. The maximum atomic E-state index is 10.5. The molecule has 0 amide bonds. The van der Waals surface area contributed by atoms with Gasteiger partial charge in [0.25, 0.3) is 0 Å². The molecular formula is C20H28O2. The third kappa shape index (κ3) is 1.74. The molecule has 0 aromatic heterocycles. The summed E-state index contributed by atoms with van der Waals surface area (Å²) >= 11 is 0. The number of allylic oxidation sites excluding steroid dienone is 4. The van der Waals surface area contributed by atoms with Crippen LogP contribution >= 0.6 is 0 Å². The van der Waals surface area contributed by atoms with Gasteiger partial charge in [-0.05, 0) is 67.4 Å². The van der Waals surface area contributed by atoms with Crippen molar-refractivity contribution in [1.29, 1.82) is 0 Å². The molecule has 2 saturated carbocycles. The molecule has 2 heteroatoms. The molecule has 2 nitrogen and oxygen atoms in total. The SMILES string of the molecule is CC1=CC2=C[C@@H](O)C=C[C@]2(C)[C@H]2CC[C@]3(C)[C@@H](O)CC[C@H]3[C@H]12. The van der Waals surface area contributed by atoms with Crippen LogP contribution in [-0.2, 0) is 0 Å². The summed E-state index contributed by atoms with van der Waals surface area (Å²) in [5.41, 5.74) is 2.91. The van der Waals surface area contributed by atoms with Crippen molar-refractivity contribution in [2.24, 2.45) is 28.6 Å². The number of rotatable bonds is 0. The van der Waals surface area contributed by atoms with Gasteiger partial charge in [-0.25, -0.2) is 0 Å². The highest BCUT2D eigenvalue weighted by Gasteiger charge is 2.58. The highest BCUT2D eigenvalue weighted by molar-refractivity contribution is 5.44. The largest absolute Gasteiger partial charge is 0.393 e. The van der Waals surface area contributed by atoms with Crippen molar-refractivity contribution >= 4 is 0 Å². The summed E-state index contributed by atoms with van der Waals surface area (Å²) in [5, 5.41) is 20.5. The van der Waals surface area contributed by atoms with Gasteiger partial charge < -0.3 is 10.2 Å². The van der Waals surface area contributed by atoms with E-state index in [9.17, 15) is 10.2 Å². The van der Waals surface area contributed by atoms with E-state index in [-0.39, 0.29) is 16.9 Å². The Kier molecular flexibility index (Phi) is 3.06. The summed E-state index contributed by atoms with van der Waals surface area (Å²) in [7, 11) is 0. The molecular weight excluding hydrogens is 272 g/mol. The number of aliphatic hydroxyl groups is 2. The second-order valence-electron chi connectivity index (χ2n) is 8.52. The lowest BCUT2D eigenvalue weighted by molar-refractivity contribution is -0.0415. The third-order valence-corrected chi connectivity index (χ3v) is 7.51. The average molecular weight is 300 g/mol. The van der Waals surface area contributed by atoms with Crippen LogP contribution in [0.25, 0.3) is 0 Å². The minimum absolute atomic E-state index is 0.0538. The Morgan fingerprint density at radius 1 is 1.09 bits per heavy atom. The lowest BCUT2D eigenvalue weighted by atomic mass is 9.48. The summed E-state index contributed by atoms with van der Waals surface area (Å²) in [6.07, 6.45) is 12.4. The van der Waals surface area contributed by atoms with Crippen LogP contribution in [0, 0.1) is 28.6 Å². The van der Waals surface area contributed by atoms with Crippen LogP contribution in [0.5, 0.6) is 0 Å². The van der Waals surface area contributed by atoms with Crippen LogP contribution < -0.4 is 0 Å². The van der Waals surface area contributed by atoms with Gasteiger partial charge in [0.05, 0.1) is 12.2 Å². The number of hydrogen-bond acceptors (Lipinski definition) is 2. The Morgan fingerprint density at radius 3 is 2.64 bits per heavy atom. The van der Waals surface area contributed by atoms with Crippen LogP contribution in [-0.4, -0.2) is 22.4 Å². The zero-order chi connectivity index (χ0) is 15.7. The van der Waals surface area contributed by atoms with E-state index >= 15 is 0 Å². The molecule has 0 unspecified atom stereocenters. The van der Waals surface area contributed by atoms with Crippen molar-refractivity contribution in [1.82, 2.24) is 0 Å². The van der Waals surface area contributed by atoms with Gasteiger partial charge in [-0.2, -0.15) is 0 Å². The molecule has 0 aromatic carbocycles. The van der Waals surface area contributed by atoms with E-state index in [0.29, 0.717) is 17.8 Å². The monoisotopic (exact) mass is 300 g/mol. The normalized spacial score (nSPS) is 53.2. The molecule has 0 bridgehead atoms. The van der Waals surface area contributed by atoms with Gasteiger partial charge in [-0.3, -0.25) is 0 Å². The molecule has 0 radical (unpaired) electrons. The minimum Gasteiger partial charge on any atom is -0.393 e. The standard InChI is InChI=1S/C20H28O2/c1-12-10-13-11-14(21)6-8-19(13,2)16-7-9-20(3)15(18(12)16)4-5-17(20)22/h6,8,10-11,14-18,21-22H,4-5,7,9H2,1-3H3/t14-,15-,16-,17-,18-,19-,20-/m0/s1. The molecule has 0 aromatic rings. The van der Waals surface area contributed by atoms with Crippen molar-refractivity contribution in [3.8, 4) is 0 Å². The summed E-state index contributed by atoms with van der Waals surface area (Å²) < 4.78 is 0. The van der Waals surface area contributed by atoms with E-state index in [1.165, 1.54) is 17.6 Å². The Bertz CT molecular complexity index is 587. The quantitative estimate of drug-likeness (QED) is 0.671. The number of fused-ring (bicyclic) bond motifs is 5. The van der Waals surface area contributed by atoms with Gasteiger partial charge in [0.15, 0.2) is 0 Å². The molecule has 2 fully saturated rings. The van der Waals surface area contributed by atoms with Crippen molar-refractivity contribution in [2.45, 2.75) is 58.7 Å². The predicted octanol–water partition coefficient (Wildman–Crippen LogP) is 3.61. The molecule has 120 valence electrons. The van der Waals surface area contributed by atoms with Crippen molar-refractivity contribution < 1.29 is 10.2 Å². The highest BCUT2D eigenvalue weighted by atomic mass is 16.3. The van der Waals surface area contributed by atoms with Gasteiger partial charge in [0.1, 0.15) is 0 Å². The first kappa shape index (κ1) is 14.7. The van der Waals surface area contributed by atoms with Crippen LogP contribution in [0.4, 0.5) is 0 Å². The minimum atomic E-state index is -0.439. The second-order valence-corrected chi connectivity index (χ2v) is 8.52. The van der Waals surface area contributed by atoms with Crippen LogP contribution in [0.3, 0.4) is 0 Å². The molecule has 2 N–H and O–H groups in total. The predicted molar refractivity (Wildman–Crippen MR) is 88.1 cm³/mol. The molecule has 0 aliphatic heterocycles. The summed E-state index contributed by atoms with van der Waals surface area (Å²) in [4.78, 5) is 0. The maximum absolute atomic E-state index is 10.5. The molecule has 7 atom stereocenters. The van der Waals surface area contributed by atoms with Crippen molar-refractivity contribution in [3.63, 3.8) is 0 Å². The number of hydrogen-bond donors (Lipinski definition) is 2. The van der Waals surface area contributed by atoms with E-state index in [0.717, 1.165) is 19.3 Å². The summed E-state index contributed by atoms with van der Waals surface area (Å²) in [5.74, 6) is 1.80. The Morgan fingerprint density at radius 2 is 1.86 bits per heavy atom. The zero-order valence-corrected chi connectivity index (χ0v) is 13.9. The van der Waals surface area contributed by atoms with E-state index < -0.39 is 6.10 Å². The third-order valence-electron chi connectivity index (χ3n) is 7.51. The number of aliphatic hydroxyl groups excluding tert-OH is 2. The fourth-order valence-corrected chi connectivity index (χ4v) is 6.12. The fourth-order valence-electron chi connectivity index (χ4n) is 6.12. The van der Waals surface area contributed by atoms with Gasteiger partial charge in [0.2, 0.25) is 0 Å². The van der Waals surface area contributed by atoms with Gasteiger partial charge >= 0.3 is 0 Å². The molecule has 0 spiro atoms. The lowest BCUT2D eigenvalue weighted by Gasteiger charge is -2.56. The van der Waals surface area contributed by atoms with Gasteiger partial charge in [-0.15, -0.1) is 0 Å². The van der Waals surface area contributed by atoms with E-state index in [1.54, 1.807) is 0 Å². The van der Waals surface area contributed by atoms with E-state index in [4.69, 9.17) is 0 Å². The lowest BCUT2D eigenvalue weighted by Crippen LogP contribution is -2.50. The van der Waals surface area contributed by atoms with Gasteiger partial charge in [-0.1, -0.05) is 37.6 Å². The Balaban J connectivity index is 1.80. The topological polar surface area (TPSA) is 40.5 Å². The van der Waals surface area contributed by atoms with Crippen LogP contribution in [0.1, 0.15) is 46.5 Å².